The van der Waals surface area contributed by atoms with E-state index in [1.54, 1.807) is 0 Å². The Morgan fingerprint density at radius 3 is 1.75 bits per heavy atom. The Morgan fingerprint density at radius 1 is 0.725 bits per heavy atom. The molecule has 0 aliphatic heterocycles. The number of aliphatic hydroxyl groups is 2. The molecule has 51 heavy (non-hydrogen) atoms. The van der Waals surface area contributed by atoms with Crippen LogP contribution in [0.1, 0.15) is 24.5 Å². The smallest absolute Gasteiger partial charge is 0.322 e. The van der Waals surface area contributed by atoms with E-state index in [0.29, 0.717) is 6.54 Å². The molecular weight excluding hydrogens is 713 g/mol. The molecule has 2 aromatic heterocycles. The fraction of sp³-hybridized carbons (Fsp3) is 0.310. The molecule has 0 bridgehead atoms. The highest BCUT2D eigenvalue weighted by Crippen LogP contribution is 2.47. The van der Waals surface area contributed by atoms with Gasteiger partial charge in [0.25, 0.3) is 10.1 Å². The fourth-order valence-corrected chi connectivity index (χ4v) is 5.85. The van der Waals surface area contributed by atoms with Gasteiger partial charge in [0.05, 0.1) is 32.3 Å². The van der Waals surface area contributed by atoms with Crippen LogP contribution in [0.25, 0.3) is 12.2 Å². The second-order valence-electron chi connectivity index (χ2n) is 10.4. The Kier molecular flexibility index (Phi) is 13.2. The van der Waals surface area contributed by atoms with E-state index >= 15 is 0 Å². The number of rotatable bonds is 18. The molecule has 276 valence electrons. The van der Waals surface area contributed by atoms with Crippen LogP contribution in [0.15, 0.2) is 46.2 Å². The van der Waals surface area contributed by atoms with E-state index in [1.807, 2.05) is 6.92 Å². The molecule has 0 saturated heterocycles. The highest BCUT2D eigenvalue weighted by Gasteiger charge is 2.22. The summed E-state index contributed by atoms with van der Waals surface area (Å²) < 4.78 is 76.0. The summed E-state index contributed by atoms with van der Waals surface area (Å²) in [6.07, 6.45) is 3.42. The quantitative estimate of drug-likeness (QED) is 0.0521. The molecule has 0 radical (unpaired) electrons. The van der Waals surface area contributed by atoms with Gasteiger partial charge in [-0.15, -0.1) is 0 Å². The molecule has 0 spiro atoms. The summed E-state index contributed by atoms with van der Waals surface area (Å²) in [5.41, 5.74) is 0.499. The molecule has 2 aromatic carbocycles. The van der Waals surface area contributed by atoms with Crippen LogP contribution in [0.4, 0.5) is 35.2 Å². The van der Waals surface area contributed by atoms with E-state index in [0.717, 1.165) is 12.5 Å². The number of aliphatic hydroxyl groups excluding tert-OH is 2. The molecule has 4 aromatic rings. The lowest BCUT2D eigenvalue weighted by atomic mass is 10.1. The van der Waals surface area contributed by atoms with Crippen molar-refractivity contribution in [1.29, 1.82) is 0 Å². The summed E-state index contributed by atoms with van der Waals surface area (Å²) in [7, 11) is -6.42. The third-order valence-electron chi connectivity index (χ3n) is 6.69. The maximum Gasteiger partial charge on any atom is 0.322 e. The van der Waals surface area contributed by atoms with Gasteiger partial charge < -0.3 is 54.2 Å². The lowest BCUT2D eigenvalue weighted by molar-refractivity contribution is 0.279. The highest BCUT2D eigenvalue weighted by atomic mass is 32.3. The van der Waals surface area contributed by atoms with Gasteiger partial charge in [0.15, 0.2) is 0 Å². The molecule has 2 heterocycles. The van der Waals surface area contributed by atoms with Gasteiger partial charge in [-0.25, -0.2) is 0 Å². The van der Waals surface area contributed by atoms with Crippen molar-refractivity contribution in [3.63, 3.8) is 0 Å². The zero-order valence-corrected chi connectivity index (χ0v) is 29.3. The van der Waals surface area contributed by atoms with Gasteiger partial charge in [0.1, 0.15) is 15.8 Å². The topological polar surface area (TPSA) is 291 Å². The molecule has 20 nitrogen and oxygen atoms in total. The predicted molar refractivity (Wildman–Crippen MR) is 190 cm³/mol. The number of nitrogens with one attached hydrogen (secondary N) is 3. The number of ether oxygens (including phenoxy) is 2. The lowest BCUT2D eigenvalue weighted by Gasteiger charge is -2.22. The third kappa shape index (κ3) is 10.8. The number of nitrogens with zero attached hydrogens (tertiary/aromatic N) is 7. The fourth-order valence-electron chi connectivity index (χ4n) is 4.41. The summed E-state index contributed by atoms with van der Waals surface area (Å²) in [5.74, 6) is 0.303. The zero-order valence-electron chi connectivity index (χ0n) is 27.6. The van der Waals surface area contributed by atoms with E-state index < -0.39 is 25.9 Å². The molecule has 0 fully saturated rings. The molecule has 9 N–H and O–H groups in total. The van der Waals surface area contributed by atoms with Gasteiger partial charge in [0.2, 0.25) is 23.8 Å². The molecule has 0 amide bonds. The first-order valence-electron chi connectivity index (χ1n) is 15.1. The van der Waals surface area contributed by atoms with Crippen LogP contribution in [0.5, 0.6) is 12.0 Å². The Morgan fingerprint density at radius 2 is 1.24 bits per heavy atom. The van der Waals surface area contributed by atoms with Crippen LogP contribution in [0.2, 0.25) is 0 Å². The van der Waals surface area contributed by atoms with Crippen molar-refractivity contribution in [2.45, 2.75) is 23.1 Å². The van der Waals surface area contributed by atoms with Gasteiger partial charge in [-0.2, -0.15) is 38.3 Å². The normalized spacial score (nSPS) is 12.1. The van der Waals surface area contributed by atoms with E-state index in [1.165, 1.54) is 61.6 Å². The Labute approximate surface area is 294 Å². The average Bonchev–Trinajstić information content (AvgIpc) is 3.09. The lowest BCUT2D eigenvalue weighted by Crippen LogP contribution is -2.31. The first-order chi connectivity index (χ1) is 24.3. The van der Waals surface area contributed by atoms with Crippen LogP contribution in [0.3, 0.4) is 0 Å². The monoisotopic (exact) mass is 750 g/mol. The molecule has 22 heteroatoms. The Bertz CT molecular complexity index is 1940. The number of methoxy groups -OCH3 is 2. The van der Waals surface area contributed by atoms with Crippen molar-refractivity contribution in [1.82, 2.24) is 29.9 Å². The molecular formula is C29H38N10O10S2. The summed E-state index contributed by atoms with van der Waals surface area (Å²) >= 11 is 0. The molecule has 0 atom stereocenters. The van der Waals surface area contributed by atoms with Crippen molar-refractivity contribution >= 4 is 68.3 Å². The summed E-state index contributed by atoms with van der Waals surface area (Å²) in [6, 6.07) is 8.06. The van der Waals surface area contributed by atoms with E-state index in [9.17, 15) is 36.8 Å². The largest absolute Gasteiger partial charge is 0.467 e. The summed E-state index contributed by atoms with van der Waals surface area (Å²) in [4.78, 5) is 25.7. The summed E-state index contributed by atoms with van der Waals surface area (Å²) in [6.45, 7) is 2.25. The number of benzene rings is 2. The number of hydrogen-bond donors (Lipinski definition) is 9. The maximum absolute atomic E-state index is 12.5. The van der Waals surface area contributed by atoms with Crippen molar-refractivity contribution in [2.75, 3.05) is 67.9 Å². The minimum absolute atomic E-state index is 0.000920. The zero-order chi connectivity index (χ0) is 37.2. The van der Waals surface area contributed by atoms with Gasteiger partial charge in [0, 0.05) is 31.0 Å². The molecule has 0 aliphatic rings. The average molecular weight is 751 g/mol. The predicted octanol–water partition coefficient (Wildman–Crippen LogP) is 3.17. The first-order valence-corrected chi connectivity index (χ1v) is 18.0. The molecule has 0 saturated carbocycles. The first kappa shape index (κ1) is 38.9. The van der Waals surface area contributed by atoms with Crippen LogP contribution >= 0.6 is 10.9 Å². The second kappa shape index (κ2) is 17.3. The van der Waals surface area contributed by atoms with Gasteiger partial charge in [-0.3, -0.25) is 4.55 Å². The van der Waals surface area contributed by atoms with Crippen LogP contribution < -0.4 is 30.3 Å². The SMILES string of the molecule is CCCNc1nc(Nc2ccc(C=Cc3ccc(Nc4nc(OC)nc(N(CCO)CCO)n4)cc3S(=O)(=O)O)c(S(O)(O)O)c2)nc(OC)n1. The maximum atomic E-state index is 12.5. The summed E-state index contributed by atoms with van der Waals surface area (Å²) in [5, 5.41) is 27.5. The third-order valence-corrected chi connectivity index (χ3v) is 8.55. The van der Waals surface area contributed by atoms with E-state index in [2.05, 4.69) is 45.9 Å². The van der Waals surface area contributed by atoms with E-state index in [-0.39, 0.29) is 89.5 Å². The van der Waals surface area contributed by atoms with Gasteiger partial charge in [-0.05, 0) is 41.8 Å². The Balaban J connectivity index is 1.65. The van der Waals surface area contributed by atoms with Crippen molar-refractivity contribution in [2.24, 2.45) is 0 Å². The standard InChI is InChI=1S/C29H38N10O10S2/c1-4-11-30-24-33-25(36-28(35-24)48-2)31-20-9-7-18(22(16-20)50(42,43)44)5-6-19-8-10-21(17-23(19)51(45,46)47)32-26-34-27(38-29(37-26)49-3)39(12-14-40)13-15-41/h5-10,16-17,40-44H,4,11-15H2,1-3H3,(H,45,46,47)(H,32,34,37,38)(H2,30,31,33,35,36). The number of aromatic nitrogens is 6. The van der Waals surface area contributed by atoms with Crippen molar-refractivity contribution < 1.29 is 46.3 Å². The minimum Gasteiger partial charge on any atom is -0.467 e. The van der Waals surface area contributed by atoms with Crippen molar-refractivity contribution in [3.05, 3.63) is 47.5 Å². The number of anilines is 6. The molecule has 0 aliphatic carbocycles. The van der Waals surface area contributed by atoms with Crippen LogP contribution in [0, 0.1) is 0 Å². The van der Waals surface area contributed by atoms with Crippen LogP contribution in [-0.4, -0.2) is 114 Å². The van der Waals surface area contributed by atoms with E-state index in [4.69, 9.17) is 9.47 Å². The Hall–Kier alpha value is -4.94. The number of hydrogen-bond acceptors (Lipinski definition) is 19. The highest BCUT2D eigenvalue weighted by molar-refractivity contribution is 8.19. The van der Waals surface area contributed by atoms with Crippen molar-refractivity contribution in [3.8, 4) is 12.0 Å². The van der Waals surface area contributed by atoms with Crippen LogP contribution in [-0.2, 0) is 10.1 Å². The molecule has 0 unspecified atom stereocenters. The second-order valence-corrected chi connectivity index (χ2v) is 13.2. The van der Waals surface area contributed by atoms with Gasteiger partial charge in [-0.1, -0.05) is 31.2 Å². The van der Waals surface area contributed by atoms with Gasteiger partial charge >= 0.3 is 12.0 Å². The molecule has 4 rings (SSSR count). The minimum atomic E-state index is -4.82.